The molecular weight excluding hydrogens is 186 g/mol. The first-order valence-electron chi connectivity index (χ1n) is 5.49. The Hall–Kier alpha value is -0.860. The minimum Gasteiger partial charge on any atom is -0.388 e. The molecule has 2 nitrogen and oxygen atoms in total. The summed E-state index contributed by atoms with van der Waals surface area (Å²) < 4.78 is 0. The van der Waals surface area contributed by atoms with Crippen molar-refractivity contribution in [1.29, 1.82) is 0 Å². The van der Waals surface area contributed by atoms with Crippen LogP contribution in [0.15, 0.2) is 18.2 Å². The molecule has 84 valence electrons. The van der Waals surface area contributed by atoms with Crippen LogP contribution in [0.3, 0.4) is 0 Å². The number of nitrogens with two attached hydrogens (primary N) is 1. The van der Waals surface area contributed by atoms with Crippen LogP contribution in [0.2, 0.25) is 0 Å². The van der Waals surface area contributed by atoms with E-state index in [0.29, 0.717) is 19.4 Å². The van der Waals surface area contributed by atoms with Crippen LogP contribution in [0.1, 0.15) is 30.0 Å². The lowest BCUT2D eigenvalue weighted by Gasteiger charge is -2.25. The summed E-state index contributed by atoms with van der Waals surface area (Å²) in [7, 11) is 0. The molecule has 0 bridgehead atoms. The van der Waals surface area contributed by atoms with Gasteiger partial charge in [-0.25, -0.2) is 0 Å². The van der Waals surface area contributed by atoms with E-state index in [0.717, 1.165) is 5.56 Å². The second-order valence-electron chi connectivity index (χ2n) is 4.38. The Bertz CT molecular complexity index is 329. The van der Waals surface area contributed by atoms with Crippen molar-refractivity contribution in [3.05, 3.63) is 34.9 Å². The summed E-state index contributed by atoms with van der Waals surface area (Å²) in [5.74, 6) is 0. The number of hydrogen-bond donors (Lipinski definition) is 2. The van der Waals surface area contributed by atoms with Crippen molar-refractivity contribution in [2.75, 3.05) is 6.54 Å². The molecule has 0 radical (unpaired) electrons. The molecule has 1 rings (SSSR count). The van der Waals surface area contributed by atoms with Gasteiger partial charge in [0.2, 0.25) is 0 Å². The van der Waals surface area contributed by atoms with Crippen molar-refractivity contribution >= 4 is 0 Å². The van der Waals surface area contributed by atoms with E-state index in [9.17, 15) is 5.11 Å². The van der Waals surface area contributed by atoms with Gasteiger partial charge in [0.1, 0.15) is 0 Å². The molecule has 0 saturated heterocycles. The number of aliphatic hydroxyl groups is 1. The smallest absolute Gasteiger partial charge is 0.0806 e. The lowest BCUT2D eigenvalue weighted by Crippen LogP contribution is -2.39. The van der Waals surface area contributed by atoms with Crippen LogP contribution in [-0.2, 0) is 6.42 Å². The summed E-state index contributed by atoms with van der Waals surface area (Å²) in [5.41, 5.74) is 8.55. The molecule has 2 heteroatoms. The van der Waals surface area contributed by atoms with Crippen molar-refractivity contribution in [2.45, 2.75) is 39.2 Å². The van der Waals surface area contributed by atoms with Gasteiger partial charge in [0.15, 0.2) is 0 Å². The van der Waals surface area contributed by atoms with E-state index in [4.69, 9.17) is 5.73 Å². The van der Waals surface area contributed by atoms with Crippen molar-refractivity contribution in [1.82, 2.24) is 0 Å². The summed E-state index contributed by atoms with van der Waals surface area (Å²) in [6, 6.07) is 6.29. The average Bonchev–Trinajstić information content (AvgIpc) is 2.23. The Morgan fingerprint density at radius 1 is 1.27 bits per heavy atom. The van der Waals surface area contributed by atoms with Crippen LogP contribution in [-0.4, -0.2) is 17.3 Å². The first kappa shape index (κ1) is 12.2. The fourth-order valence-corrected chi connectivity index (χ4v) is 1.63. The molecule has 1 aromatic carbocycles. The van der Waals surface area contributed by atoms with Crippen LogP contribution in [0.4, 0.5) is 0 Å². The average molecular weight is 207 g/mol. The predicted molar refractivity (Wildman–Crippen MR) is 63.9 cm³/mol. The van der Waals surface area contributed by atoms with E-state index in [1.165, 1.54) is 11.1 Å². The van der Waals surface area contributed by atoms with Gasteiger partial charge in [-0.1, -0.05) is 25.1 Å². The Morgan fingerprint density at radius 3 is 2.40 bits per heavy atom. The van der Waals surface area contributed by atoms with Crippen molar-refractivity contribution < 1.29 is 5.11 Å². The zero-order valence-electron chi connectivity index (χ0n) is 9.88. The van der Waals surface area contributed by atoms with Crippen molar-refractivity contribution in [2.24, 2.45) is 5.73 Å². The SMILES string of the molecule is CCC(O)(CN)Cc1ccc(C)c(C)c1. The number of rotatable bonds is 4. The molecule has 0 amide bonds. The molecule has 0 spiro atoms. The molecule has 0 aliphatic heterocycles. The maximum absolute atomic E-state index is 10.1. The third-order valence-electron chi connectivity index (χ3n) is 3.14. The van der Waals surface area contributed by atoms with Crippen LogP contribution < -0.4 is 5.73 Å². The quantitative estimate of drug-likeness (QED) is 0.792. The maximum atomic E-state index is 10.1. The Balaban J connectivity index is 2.85. The highest BCUT2D eigenvalue weighted by Gasteiger charge is 2.22. The van der Waals surface area contributed by atoms with Crippen LogP contribution in [0, 0.1) is 13.8 Å². The third kappa shape index (κ3) is 3.05. The molecule has 0 heterocycles. The van der Waals surface area contributed by atoms with Gasteiger partial charge in [0.25, 0.3) is 0 Å². The maximum Gasteiger partial charge on any atom is 0.0806 e. The van der Waals surface area contributed by atoms with Gasteiger partial charge >= 0.3 is 0 Å². The monoisotopic (exact) mass is 207 g/mol. The molecule has 0 aromatic heterocycles. The Kier molecular flexibility index (Phi) is 3.89. The summed E-state index contributed by atoms with van der Waals surface area (Å²) in [6.45, 7) is 6.46. The first-order chi connectivity index (χ1) is 7.00. The molecule has 0 aliphatic carbocycles. The number of aryl methyl sites for hydroxylation is 2. The molecule has 3 N–H and O–H groups in total. The molecule has 1 unspecified atom stereocenters. The second kappa shape index (κ2) is 4.77. The number of hydrogen-bond acceptors (Lipinski definition) is 2. The Morgan fingerprint density at radius 2 is 1.93 bits per heavy atom. The largest absolute Gasteiger partial charge is 0.388 e. The highest BCUT2D eigenvalue weighted by molar-refractivity contribution is 5.30. The predicted octanol–water partition coefficient (Wildman–Crippen LogP) is 1.95. The van der Waals surface area contributed by atoms with Gasteiger partial charge in [0, 0.05) is 13.0 Å². The van der Waals surface area contributed by atoms with E-state index in [1.54, 1.807) is 0 Å². The standard InChI is InChI=1S/C13H21NO/c1-4-13(15,9-14)8-12-6-5-10(2)11(3)7-12/h5-7,15H,4,8-9,14H2,1-3H3. The van der Waals surface area contributed by atoms with E-state index in [1.807, 2.05) is 6.92 Å². The van der Waals surface area contributed by atoms with Gasteiger partial charge in [-0.05, 0) is 37.0 Å². The second-order valence-corrected chi connectivity index (χ2v) is 4.38. The fraction of sp³-hybridized carbons (Fsp3) is 0.538. The highest BCUT2D eigenvalue weighted by Crippen LogP contribution is 2.18. The first-order valence-corrected chi connectivity index (χ1v) is 5.49. The van der Waals surface area contributed by atoms with E-state index < -0.39 is 5.60 Å². The molecule has 1 atom stereocenters. The van der Waals surface area contributed by atoms with Crippen LogP contribution >= 0.6 is 0 Å². The van der Waals surface area contributed by atoms with Gasteiger partial charge in [-0.2, -0.15) is 0 Å². The normalized spacial score (nSPS) is 15.0. The van der Waals surface area contributed by atoms with Crippen LogP contribution in [0.5, 0.6) is 0 Å². The summed E-state index contributed by atoms with van der Waals surface area (Å²) in [4.78, 5) is 0. The molecule has 0 saturated carbocycles. The highest BCUT2D eigenvalue weighted by atomic mass is 16.3. The third-order valence-corrected chi connectivity index (χ3v) is 3.14. The lowest BCUT2D eigenvalue weighted by atomic mass is 9.91. The number of benzene rings is 1. The summed E-state index contributed by atoms with van der Waals surface area (Å²) >= 11 is 0. The lowest BCUT2D eigenvalue weighted by molar-refractivity contribution is 0.0456. The molecule has 0 fully saturated rings. The van der Waals surface area contributed by atoms with Crippen molar-refractivity contribution in [3.8, 4) is 0 Å². The minimum atomic E-state index is -0.748. The van der Waals surface area contributed by atoms with Gasteiger partial charge in [-0.15, -0.1) is 0 Å². The molecule has 0 aliphatic rings. The van der Waals surface area contributed by atoms with E-state index in [2.05, 4.69) is 32.0 Å². The van der Waals surface area contributed by atoms with Gasteiger partial charge in [-0.3, -0.25) is 0 Å². The summed E-state index contributed by atoms with van der Waals surface area (Å²) in [5, 5.41) is 10.1. The molecule has 1 aromatic rings. The van der Waals surface area contributed by atoms with E-state index >= 15 is 0 Å². The van der Waals surface area contributed by atoms with Gasteiger partial charge < -0.3 is 10.8 Å². The zero-order valence-corrected chi connectivity index (χ0v) is 9.88. The summed E-state index contributed by atoms with van der Waals surface area (Å²) in [6.07, 6.45) is 1.33. The van der Waals surface area contributed by atoms with Crippen LogP contribution in [0.25, 0.3) is 0 Å². The minimum absolute atomic E-state index is 0.316. The Labute approximate surface area is 92.1 Å². The molecule has 15 heavy (non-hydrogen) atoms. The zero-order chi connectivity index (χ0) is 11.5. The van der Waals surface area contributed by atoms with Crippen molar-refractivity contribution in [3.63, 3.8) is 0 Å². The fourth-order valence-electron chi connectivity index (χ4n) is 1.63. The van der Waals surface area contributed by atoms with E-state index in [-0.39, 0.29) is 0 Å². The molecular formula is C13H21NO. The topological polar surface area (TPSA) is 46.2 Å². The van der Waals surface area contributed by atoms with Gasteiger partial charge in [0.05, 0.1) is 5.60 Å².